The van der Waals surface area contributed by atoms with Gasteiger partial charge in [0.1, 0.15) is 5.75 Å². The minimum absolute atomic E-state index is 0.0636. The lowest BCUT2D eigenvalue weighted by atomic mass is 10.1. The fourth-order valence-electron chi connectivity index (χ4n) is 3.36. The Morgan fingerprint density at radius 2 is 1.77 bits per heavy atom. The van der Waals surface area contributed by atoms with Gasteiger partial charge in [-0.1, -0.05) is 13.0 Å². The van der Waals surface area contributed by atoms with Crippen molar-refractivity contribution in [3.05, 3.63) is 54.1 Å². The maximum absolute atomic E-state index is 12.5. The van der Waals surface area contributed by atoms with Gasteiger partial charge >= 0.3 is 0 Å². The number of benzene rings is 2. The Morgan fingerprint density at radius 3 is 2.47 bits per heavy atom. The number of ether oxygens (including phenoxy) is 1. The summed E-state index contributed by atoms with van der Waals surface area (Å²) in [6, 6.07) is 14.7. The van der Waals surface area contributed by atoms with Crippen LogP contribution >= 0.6 is 0 Å². The molecular formula is C24H31N3O3. The summed E-state index contributed by atoms with van der Waals surface area (Å²) in [6.07, 6.45) is 4.41. The predicted octanol–water partition coefficient (Wildman–Crippen LogP) is 4.54. The fraction of sp³-hybridized carbons (Fsp3) is 0.417. The van der Waals surface area contributed by atoms with Crippen LogP contribution in [0.5, 0.6) is 5.75 Å². The number of hydrogen-bond donors (Lipinski definition) is 2. The number of anilines is 2. The second kappa shape index (κ2) is 10.7. The first-order chi connectivity index (χ1) is 14.5. The number of nitrogens with zero attached hydrogens (tertiary/aromatic N) is 1. The van der Waals surface area contributed by atoms with Crippen molar-refractivity contribution in [2.45, 2.75) is 45.6 Å². The molecule has 1 aliphatic rings. The Balaban J connectivity index is 1.49. The number of carbonyl (C=O) groups is 2. The molecule has 1 fully saturated rings. The highest BCUT2D eigenvalue weighted by Crippen LogP contribution is 2.19. The van der Waals surface area contributed by atoms with E-state index in [1.54, 1.807) is 24.3 Å². The molecule has 160 valence electrons. The Bertz CT molecular complexity index is 845. The van der Waals surface area contributed by atoms with Crippen molar-refractivity contribution in [1.82, 2.24) is 4.90 Å². The van der Waals surface area contributed by atoms with Crippen molar-refractivity contribution < 1.29 is 14.3 Å². The zero-order valence-corrected chi connectivity index (χ0v) is 17.8. The summed E-state index contributed by atoms with van der Waals surface area (Å²) in [5, 5.41) is 5.97. The fourth-order valence-corrected chi connectivity index (χ4v) is 3.36. The van der Waals surface area contributed by atoms with E-state index in [4.69, 9.17) is 4.74 Å². The number of piperidine rings is 1. The molecule has 2 aromatic rings. The third-order valence-corrected chi connectivity index (χ3v) is 5.26. The van der Waals surface area contributed by atoms with Crippen LogP contribution in [0.3, 0.4) is 0 Å². The minimum atomic E-state index is -0.154. The first-order valence-electron chi connectivity index (χ1n) is 10.7. The van der Waals surface area contributed by atoms with E-state index in [9.17, 15) is 9.59 Å². The van der Waals surface area contributed by atoms with E-state index >= 15 is 0 Å². The molecule has 1 heterocycles. The summed E-state index contributed by atoms with van der Waals surface area (Å²) >= 11 is 0. The Kier molecular flexibility index (Phi) is 7.71. The van der Waals surface area contributed by atoms with Crippen molar-refractivity contribution in [2.75, 3.05) is 30.3 Å². The van der Waals surface area contributed by atoms with E-state index in [0.29, 0.717) is 11.3 Å². The largest absolute Gasteiger partial charge is 0.491 e. The van der Waals surface area contributed by atoms with Gasteiger partial charge < -0.3 is 20.3 Å². The van der Waals surface area contributed by atoms with Crippen LogP contribution in [0.1, 0.15) is 49.9 Å². The standard InChI is InChI=1S/C24H31N3O3/c1-3-18(2)30-22-9-7-8-21(16-22)25-17-23(28)26-20-12-10-19(11-13-20)24(29)27-14-5-4-6-15-27/h7-13,16,18,25H,3-6,14-15,17H2,1-2H3,(H,26,28). The number of amides is 2. The monoisotopic (exact) mass is 409 g/mol. The molecule has 0 aromatic heterocycles. The topological polar surface area (TPSA) is 70.7 Å². The lowest BCUT2D eigenvalue weighted by Gasteiger charge is -2.26. The van der Waals surface area contributed by atoms with E-state index in [1.807, 2.05) is 36.1 Å². The molecule has 1 aliphatic heterocycles. The molecule has 0 spiro atoms. The predicted molar refractivity (Wildman–Crippen MR) is 120 cm³/mol. The summed E-state index contributed by atoms with van der Waals surface area (Å²) in [7, 11) is 0. The van der Waals surface area contributed by atoms with Gasteiger partial charge in [-0.25, -0.2) is 0 Å². The molecule has 0 radical (unpaired) electrons. The Morgan fingerprint density at radius 1 is 1.03 bits per heavy atom. The van der Waals surface area contributed by atoms with Crippen LogP contribution < -0.4 is 15.4 Å². The van der Waals surface area contributed by atoms with Crippen molar-refractivity contribution in [3.8, 4) is 5.75 Å². The highest BCUT2D eigenvalue weighted by Gasteiger charge is 2.18. The van der Waals surface area contributed by atoms with E-state index < -0.39 is 0 Å². The lowest BCUT2D eigenvalue weighted by Crippen LogP contribution is -2.35. The summed E-state index contributed by atoms with van der Waals surface area (Å²) in [4.78, 5) is 26.7. The number of carbonyl (C=O) groups excluding carboxylic acids is 2. The average Bonchev–Trinajstić information content (AvgIpc) is 2.78. The van der Waals surface area contributed by atoms with Gasteiger partial charge in [0.2, 0.25) is 5.91 Å². The second-order valence-electron chi connectivity index (χ2n) is 7.70. The van der Waals surface area contributed by atoms with Crippen LogP contribution in [0.4, 0.5) is 11.4 Å². The molecule has 2 N–H and O–H groups in total. The lowest BCUT2D eigenvalue weighted by molar-refractivity contribution is -0.114. The smallest absolute Gasteiger partial charge is 0.253 e. The van der Waals surface area contributed by atoms with Crippen molar-refractivity contribution >= 4 is 23.2 Å². The zero-order chi connectivity index (χ0) is 21.3. The summed E-state index contributed by atoms with van der Waals surface area (Å²) in [6.45, 7) is 5.90. The molecule has 2 amide bonds. The van der Waals surface area contributed by atoms with Gasteiger partial charge in [0.05, 0.1) is 12.6 Å². The van der Waals surface area contributed by atoms with Crippen LogP contribution in [-0.4, -0.2) is 42.5 Å². The van der Waals surface area contributed by atoms with Crippen LogP contribution in [0.15, 0.2) is 48.5 Å². The Labute approximate surface area is 178 Å². The number of hydrogen-bond acceptors (Lipinski definition) is 4. The third kappa shape index (κ3) is 6.24. The summed E-state index contributed by atoms with van der Waals surface area (Å²) < 4.78 is 5.81. The maximum atomic E-state index is 12.5. The second-order valence-corrected chi connectivity index (χ2v) is 7.70. The molecule has 0 saturated carbocycles. The van der Waals surface area contributed by atoms with Gasteiger partial charge in [-0.05, 0) is 69.0 Å². The molecule has 1 saturated heterocycles. The van der Waals surface area contributed by atoms with E-state index in [1.165, 1.54) is 6.42 Å². The zero-order valence-electron chi connectivity index (χ0n) is 17.8. The number of likely N-dealkylation sites (tertiary alicyclic amines) is 1. The molecular weight excluding hydrogens is 378 g/mol. The van der Waals surface area contributed by atoms with E-state index in [2.05, 4.69) is 17.6 Å². The highest BCUT2D eigenvalue weighted by atomic mass is 16.5. The molecule has 6 nitrogen and oxygen atoms in total. The molecule has 1 atom stereocenters. The minimum Gasteiger partial charge on any atom is -0.491 e. The van der Waals surface area contributed by atoms with Crippen LogP contribution in [0.25, 0.3) is 0 Å². The molecule has 3 rings (SSSR count). The molecule has 1 unspecified atom stereocenters. The van der Waals surface area contributed by atoms with Gasteiger partial charge in [0, 0.05) is 36.1 Å². The summed E-state index contributed by atoms with van der Waals surface area (Å²) in [5.41, 5.74) is 2.16. The molecule has 0 bridgehead atoms. The molecule has 30 heavy (non-hydrogen) atoms. The summed E-state index contributed by atoms with van der Waals surface area (Å²) in [5.74, 6) is 0.691. The first kappa shape index (κ1) is 21.7. The normalized spacial score (nSPS) is 14.7. The quantitative estimate of drug-likeness (QED) is 0.671. The van der Waals surface area contributed by atoms with E-state index in [0.717, 1.165) is 43.8 Å². The highest BCUT2D eigenvalue weighted by molar-refractivity contribution is 5.96. The van der Waals surface area contributed by atoms with Gasteiger partial charge in [0.25, 0.3) is 5.91 Å². The maximum Gasteiger partial charge on any atom is 0.253 e. The number of nitrogens with one attached hydrogen (secondary N) is 2. The van der Waals surface area contributed by atoms with Crippen molar-refractivity contribution in [2.24, 2.45) is 0 Å². The van der Waals surface area contributed by atoms with Gasteiger partial charge in [0.15, 0.2) is 0 Å². The van der Waals surface area contributed by atoms with E-state index in [-0.39, 0.29) is 24.5 Å². The van der Waals surface area contributed by atoms with Crippen molar-refractivity contribution in [3.63, 3.8) is 0 Å². The molecule has 0 aliphatic carbocycles. The van der Waals surface area contributed by atoms with Crippen LogP contribution in [0, 0.1) is 0 Å². The molecule has 6 heteroatoms. The molecule has 2 aromatic carbocycles. The first-order valence-corrected chi connectivity index (χ1v) is 10.7. The average molecular weight is 410 g/mol. The van der Waals surface area contributed by atoms with Crippen molar-refractivity contribution in [1.29, 1.82) is 0 Å². The van der Waals surface area contributed by atoms with Crippen LogP contribution in [-0.2, 0) is 4.79 Å². The van der Waals surface area contributed by atoms with Gasteiger partial charge in [-0.2, -0.15) is 0 Å². The Hall–Kier alpha value is -3.02. The SMILES string of the molecule is CCC(C)Oc1cccc(NCC(=O)Nc2ccc(C(=O)N3CCCCC3)cc2)c1. The van der Waals surface area contributed by atoms with Crippen LogP contribution in [0.2, 0.25) is 0 Å². The van der Waals surface area contributed by atoms with Gasteiger partial charge in [-0.15, -0.1) is 0 Å². The third-order valence-electron chi connectivity index (χ3n) is 5.26. The number of rotatable bonds is 8. The van der Waals surface area contributed by atoms with Gasteiger partial charge in [-0.3, -0.25) is 9.59 Å².